The van der Waals surface area contributed by atoms with Crippen LogP contribution in [0.1, 0.15) is 35.2 Å². The van der Waals surface area contributed by atoms with Crippen LogP contribution in [0.2, 0.25) is 0 Å². The largest absolute Gasteiger partial charge is 0.366 e. The van der Waals surface area contributed by atoms with Gasteiger partial charge in [0.2, 0.25) is 10.0 Å². The van der Waals surface area contributed by atoms with Crippen molar-refractivity contribution >= 4 is 26.7 Å². The van der Waals surface area contributed by atoms with Crippen LogP contribution in [0.25, 0.3) is 16.9 Å². The number of hydrogen-bond donors (Lipinski definition) is 2. The summed E-state index contributed by atoms with van der Waals surface area (Å²) in [6.45, 7) is 0.891. The third-order valence-electron chi connectivity index (χ3n) is 5.89. The number of aryl methyl sites for hydroxylation is 1. The number of nitrogens with zero attached hydrogens (tertiary/aromatic N) is 4. The van der Waals surface area contributed by atoms with Gasteiger partial charge in [-0.25, -0.2) is 18.1 Å². The molecule has 4 aromatic rings. The standard InChI is InChI=1S/C24H26N6O2S/c1-33(31,32)27-15-18-10-7-13-22-20(18)16-26-30(22)24-28-21-12-6-5-11-19(21)23(29-24)25-14-17-8-3-2-4-9-17/h2-4,7-10,13,16,27H,5-6,11-12,14-15H2,1H3,(H,25,28,29). The van der Waals surface area contributed by atoms with Crippen LogP contribution in [0.15, 0.2) is 54.7 Å². The molecule has 0 fully saturated rings. The summed E-state index contributed by atoms with van der Waals surface area (Å²) in [7, 11) is -3.29. The Bertz CT molecular complexity index is 1400. The van der Waals surface area contributed by atoms with Gasteiger partial charge in [0.15, 0.2) is 0 Å². The molecule has 2 heterocycles. The second-order valence-electron chi connectivity index (χ2n) is 8.34. The Morgan fingerprint density at radius 1 is 0.970 bits per heavy atom. The molecule has 0 saturated carbocycles. The quantitative estimate of drug-likeness (QED) is 0.437. The van der Waals surface area contributed by atoms with E-state index in [1.165, 1.54) is 11.1 Å². The summed E-state index contributed by atoms with van der Waals surface area (Å²) in [5, 5.41) is 8.95. The molecule has 1 aliphatic rings. The molecular weight excluding hydrogens is 436 g/mol. The predicted molar refractivity (Wildman–Crippen MR) is 129 cm³/mol. The molecule has 0 atom stereocenters. The van der Waals surface area contributed by atoms with Crippen LogP contribution in [0.3, 0.4) is 0 Å². The van der Waals surface area contributed by atoms with E-state index in [4.69, 9.17) is 9.97 Å². The van der Waals surface area contributed by atoms with Crippen molar-refractivity contribution in [3.05, 3.63) is 77.1 Å². The lowest BCUT2D eigenvalue weighted by Gasteiger charge is -2.20. The van der Waals surface area contributed by atoms with Crippen molar-refractivity contribution in [1.82, 2.24) is 24.5 Å². The summed E-state index contributed by atoms with van der Waals surface area (Å²) in [6, 6.07) is 16.0. The first-order chi connectivity index (χ1) is 16.0. The fraction of sp³-hybridized carbons (Fsp3) is 0.292. The SMILES string of the molecule is CS(=O)(=O)NCc1cccc2c1cnn2-c1nc2c(c(NCc3ccccc3)n1)CCCC2. The fourth-order valence-corrected chi connectivity index (χ4v) is 4.65. The number of sulfonamides is 1. The first kappa shape index (κ1) is 21.5. The molecule has 0 bridgehead atoms. The highest BCUT2D eigenvalue weighted by atomic mass is 32.2. The molecule has 0 saturated heterocycles. The summed E-state index contributed by atoms with van der Waals surface area (Å²) in [6.07, 6.45) is 7.04. The molecule has 8 nitrogen and oxygen atoms in total. The third-order valence-corrected chi connectivity index (χ3v) is 6.56. The maximum atomic E-state index is 11.5. The predicted octanol–water partition coefficient (Wildman–Crippen LogP) is 3.36. The van der Waals surface area contributed by atoms with Gasteiger partial charge in [-0.1, -0.05) is 42.5 Å². The van der Waals surface area contributed by atoms with Gasteiger partial charge in [-0.15, -0.1) is 0 Å². The molecule has 33 heavy (non-hydrogen) atoms. The van der Waals surface area contributed by atoms with Crippen molar-refractivity contribution in [3.8, 4) is 5.95 Å². The lowest BCUT2D eigenvalue weighted by Crippen LogP contribution is -2.21. The molecule has 170 valence electrons. The minimum Gasteiger partial charge on any atom is -0.366 e. The van der Waals surface area contributed by atoms with Gasteiger partial charge in [0.1, 0.15) is 5.82 Å². The summed E-state index contributed by atoms with van der Waals surface area (Å²) in [4.78, 5) is 9.75. The summed E-state index contributed by atoms with van der Waals surface area (Å²) >= 11 is 0. The Hall–Kier alpha value is -3.30. The number of anilines is 1. The lowest BCUT2D eigenvalue weighted by atomic mass is 9.96. The highest BCUT2D eigenvalue weighted by Crippen LogP contribution is 2.28. The van der Waals surface area contributed by atoms with E-state index in [1.807, 2.05) is 36.4 Å². The summed E-state index contributed by atoms with van der Waals surface area (Å²) < 4.78 is 27.4. The van der Waals surface area contributed by atoms with Crippen molar-refractivity contribution in [1.29, 1.82) is 0 Å². The molecular formula is C24H26N6O2S. The fourth-order valence-electron chi connectivity index (χ4n) is 4.24. The smallest absolute Gasteiger partial charge is 0.253 e. The van der Waals surface area contributed by atoms with Crippen LogP contribution in [0.4, 0.5) is 5.82 Å². The van der Waals surface area contributed by atoms with Gasteiger partial charge in [-0.2, -0.15) is 14.8 Å². The Kier molecular flexibility index (Phi) is 5.82. The summed E-state index contributed by atoms with van der Waals surface area (Å²) in [5.41, 5.74) is 5.14. The highest BCUT2D eigenvalue weighted by molar-refractivity contribution is 7.88. The molecule has 0 amide bonds. The molecule has 5 rings (SSSR count). The molecule has 1 aliphatic carbocycles. The average Bonchev–Trinajstić information content (AvgIpc) is 3.26. The average molecular weight is 463 g/mol. The molecule has 0 unspecified atom stereocenters. The van der Waals surface area contributed by atoms with Gasteiger partial charge < -0.3 is 5.32 Å². The van der Waals surface area contributed by atoms with Crippen molar-refractivity contribution in [2.45, 2.75) is 38.8 Å². The molecule has 0 radical (unpaired) electrons. The van der Waals surface area contributed by atoms with Crippen LogP contribution in [-0.2, 0) is 36.0 Å². The summed E-state index contributed by atoms with van der Waals surface area (Å²) in [5.74, 6) is 1.38. The second-order valence-corrected chi connectivity index (χ2v) is 10.2. The number of nitrogens with one attached hydrogen (secondary N) is 2. The van der Waals surface area contributed by atoms with Gasteiger partial charge in [0, 0.05) is 24.0 Å². The van der Waals surface area contributed by atoms with E-state index >= 15 is 0 Å². The van der Waals surface area contributed by atoms with Crippen LogP contribution >= 0.6 is 0 Å². The Labute approximate surface area is 193 Å². The number of aromatic nitrogens is 4. The van der Waals surface area contributed by atoms with Gasteiger partial charge in [-0.3, -0.25) is 0 Å². The van der Waals surface area contributed by atoms with Crippen molar-refractivity contribution in [2.75, 3.05) is 11.6 Å². The second kappa shape index (κ2) is 8.92. The van der Waals surface area contributed by atoms with E-state index < -0.39 is 10.0 Å². The maximum Gasteiger partial charge on any atom is 0.253 e. The van der Waals surface area contributed by atoms with E-state index in [2.05, 4.69) is 27.3 Å². The van der Waals surface area contributed by atoms with E-state index in [-0.39, 0.29) is 6.54 Å². The number of benzene rings is 2. The Morgan fingerprint density at radius 3 is 2.61 bits per heavy atom. The van der Waals surface area contributed by atoms with E-state index in [9.17, 15) is 8.42 Å². The lowest BCUT2D eigenvalue weighted by molar-refractivity contribution is 0.588. The minimum atomic E-state index is -3.29. The molecule has 0 aliphatic heterocycles. The first-order valence-corrected chi connectivity index (χ1v) is 13.0. The van der Waals surface area contributed by atoms with Crippen molar-refractivity contribution < 1.29 is 8.42 Å². The monoisotopic (exact) mass is 462 g/mol. The van der Waals surface area contributed by atoms with E-state index in [1.54, 1.807) is 10.9 Å². The Balaban J connectivity index is 1.52. The zero-order chi connectivity index (χ0) is 22.8. The third kappa shape index (κ3) is 4.74. The highest BCUT2D eigenvalue weighted by Gasteiger charge is 2.20. The van der Waals surface area contributed by atoms with Gasteiger partial charge in [0.05, 0.1) is 23.7 Å². The van der Waals surface area contributed by atoms with Crippen LogP contribution in [0.5, 0.6) is 0 Å². The molecule has 2 aromatic heterocycles. The van der Waals surface area contributed by atoms with Crippen LogP contribution < -0.4 is 10.0 Å². The molecule has 0 spiro atoms. The van der Waals surface area contributed by atoms with Crippen LogP contribution in [-0.4, -0.2) is 34.4 Å². The molecule has 2 N–H and O–H groups in total. The zero-order valence-electron chi connectivity index (χ0n) is 18.5. The van der Waals surface area contributed by atoms with Gasteiger partial charge in [0.25, 0.3) is 5.95 Å². The molecule has 9 heteroatoms. The van der Waals surface area contributed by atoms with Crippen molar-refractivity contribution in [2.24, 2.45) is 0 Å². The van der Waals surface area contributed by atoms with Crippen molar-refractivity contribution in [3.63, 3.8) is 0 Å². The van der Waals surface area contributed by atoms with Crippen LogP contribution in [0, 0.1) is 0 Å². The topological polar surface area (TPSA) is 102 Å². The Morgan fingerprint density at radius 2 is 1.79 bits per heavy atom. The zero-order valence-corrected chi connectivity index (χ0v) is 19.3. The molecule has 2 aromatic carbocycles. The van der Waals surface area contributed by atoms with Gasteiger partial charge >= 0.3 is 0 Å². The maximum absolute atomic E-state index is 11.5. The van der Waals surface area contributed by atoms with Gasteiger partial charge in [-0.05, 0) is 42.9 Å². The minimum absolute atomic E-state index is 0.205. The normalized spacial score (nSPS) is 13.7. The number of fused-ring (bicyclic) bond motifs is 2. The number of hydrogen-bond acceptors (Lipinski definition) is 6. The first-order valence-electron chi connectivity index (χ1n) is 11.1. The van der Waals surface area contributed by atoms with E-state index in [0.29, 0.717) is 12.5 Å². The number of rotatable bonds is 7. The van der Waals surface area contributed by atoms with E-state index in [0.717, 1.165) is 59.9 Å².